The summed E-state index contributed by atoms with van der Waals surface area (Å²) >= 11 is 3.51. The third-order valence-corrected chi connectivity index (χ3v) is 5.46. The minimum absolute atomic E-state index is 0.154. The van der Waals surface area contributed by atoms with Gasteiger partial charge in [0.1, 0.15) is 5.75 Å². The lowest BCUT2D eigenvalue weighted by Crippen LogP contribution is -2.41. The van der Waals surface area contributed by atoms with Gasteiger partial charge in [-0.3, -0.25) is 4.79 Å². The van der Waals surface area contributed by atoms with Gasteiger partial charge in [0.2, 0.25) is 0 Å². The fourth-order valence-electron chi connectivity index (χ4n) is 2.90. The van der Waals surface area contributed by atoms with Crippen molar-refractivity contribution >= 4 is 29.0 Å². The standard InChI is InChI=1S/C19H28BBrO5/c1-7-23-16-10-9-13(21)11-14(16)15(12-17(22)24-8-2)20-25-18(3,4)19(5,6)26-20/h9-11,15H,7-8,12H2,1-6H3. The van der Waals surface area contributed by atoms with Crippen LogP contribution in [0.2, 0.25) is 0 Å². The highest BCUT2D eigenvalue weighted by atomic mass is 79.9. The van der Waals surface area contributed by atoms with Crippen LogP contribution in [0.5, 0.6) is 5.75 Å². The van der Waals surface area contributed by atoms with Crippen molar-refractivity contribution < 1.29 is 23.6 Å². The van der Waals surface area contributed by atoms with Crippen molar-refractivity contribution in [1.29, 1.82) is 0 Å². The Labute approximate surface area is 165 Å². The van der Waals surface area contributed by atoms with Gasteiger partial charge in [-0.2, -0.15) is 0 Å². The first-order chi connectivity index (χ1) is 12.1. The van der Waals surface area contributed by atoms with Crippen molar-refractivity contribution in [3.63, 3.8) is 0 Å². The molecule has 26 heavy (non-hydrogen) atoms. The predicted molar refractivity (Wildman–Crippen MR) is 105 cm³/mol. The first-order valence-electron chi connectivity index (χ1n) is 9.04. The number of ether oxygens (including phenoxy) is 2. The van der Waals surface area contributed by atoms with Crippen LogP contribution in [0.15, 0.2) is 22.7 Å². The fraction of sp³-hybridized carbons (Fsp3) is 0.632. The molecule has 1 aliphatic rings. The van der Waals surface area contributed by atoms with Crippen LogP contribution in [0.3, 0.4) is 0 Å². The molecule has 1 atom stereocenters. The molecule has 0 saturated carbocycles. The molecule has 0 spiro atoms. The molecular weight excluding hydrogens is 399 g/mol. The molecule has 2 rings (SSSR count). The molecule has 144 valence electrons. The van der Waals surface area contributed by atoms with E-state index in [0.717, 1.165) is 15.8 Å². The number of carbonyl (C=O) groups is 1. The molecule has 1 unspecified atom stereocenters. The molecule has 0 aliphatic carbocycles. The van der Waals surface area contributed by atoms with E-state index >= 15 is 0 Å². The minimum Gasteiger partial charge on any atom is -0.494 e. The lowest BCUT2D eigenvalue weighted by atomic mass is 9.66. The first kappa shape index (κ1) is 21.3. The van der Waals surface area contributed by atoms with Crippen molar-refractivity contribution in [3.05, 3.63) is 28.2 Å². The maximum Gasteiger partial charge on any atom is 0.466 e. The summed E-state index contributed by atoms with van der Waals surface area (Å²) in [4.78, 5) is 12.3. The Morgan fingerprint density at radius 2 is 1.77 bits per heavy atom. The summed E-state index contributed by atoms with van der Waals surface area (Å²) in [6.45, 7) is 12.6. The van der Waals surface area contributed by atoms with Gasteiger partial charge in [0.05, 0.1) is 30.8 Å². The van der Waals surface area contributed by atoms with Gasteiger partial charge in [0, 0.05) is 10.3 Å². The Hall–Kier alpha value is -1.05. The Morgan fingerprint density at radius 3 is 2.31 bits per heavy atom. The van der Waals surface area contributed by atoms with E-state index in [1.807, 2.05) is 52.8 Å². The molecule has 0 bridgehead atoms. The molecule has 7 heteroatoms. The Morgan fingerprint density at radius 1 is 1.15 bits per heavy atom. The van der Waals surface area contributed by atoms with Crippen LogP contribution in [0.1, 0.15) is 59.3 Å². The van der Waals surface area contributed by atoms with E-state index < -0.39 is 18.3 Å². The van der Waals surface area contributed by atoms with Crippen LogP contribution >= 0.6 is 15.9 Å². The second-order valence-electron chi connectivity index (χ2n) is 7.36. The third-order valence-electron chi connectivity index (χ3n) is 4.96. The molecular formula is C19H28BBrO5. The molecule has 1 heterocycles. The van der Waals surface area contributed by atoms with Gasteiger partial charge in [-0.1, -0.05) is 15.9 Å². The second-order valence-corrected chi connectivity index (χ2v) is 8.27. The van der Waals surface area contributed by atoms with Crippen molar-refractivity contribution in [2.75, 3.05) is 13.2 Å². The van der Waals surface area contributed by atoms with E-state index in [1.54, 1.807) is 6.92 Å². The number of carbonyl (C=O) groups excluding carboxylic acids is 1. The monoisotopic (exact) mass is 426 g/mol. The summed E-state index contributed by atoms with van der Waals surface area (Å²) < 4.78 is 24.3. The van der Waals surface area contributed by atoms with Crippen molar-refractivity contribution in [2.24, 2.45) is 0 Å². The molecule has 1 saturated heterocycles. The minimum atomic E-state index is -0.571. The average molecular weight is 427 g/mol. The number of rotatable bonds is 7. The summed E-state index contributed by atoms with van der Waals surface area (Å²) in [6, 6.07) is 5.77. The molecule has 1 aliphatic heterocycles. The molecule has 1 aromatic rings. The molecule has 0 amide bonds. The third kappa shape index (κ3) is 4.62. The lowest BCUT2D eigenvalue weighted by molar-refractivity contribution is -0.143. The summed E-state index contributed by atoms with van der Waals surface area (Å²) in [7, 11) is -0.571. The SMILES string of the molecule is CCOC(=O)CC(B1OC(C)(C)C(C)(C)O1)c1cc(Br)ccc1OCC. The van der Waals surface area contributed by atoms with Crippen molar-refractivity contribution in [2.45, 2.75) is 65.0 Å². The summed E-state index contributed by atoms with van der Waals surface area (Å²) in [5, 5.41) is 0. The highest BCUT2D eigenvalue weighted by molar-refractivity contribution is 9.10. The Kier molecular flexibility index (Phi) is 6.80. The molecule has 0 aromatic heterocycles. The van der Waals surface area contributed by atoms with E-state index in [4.69, 9.17) is 18.8 Å². The number of esters is 1. The fourth-order valence-corrected chi connectivity index (χ4v) is 3.28. The predicted octanol–water partition coefficient (Wildman–Crippen LogP) is 4.52. The molecule has 0 N–H and O–H groups in total. The van der Waals surface area contributed by atoms with Gasteiger partial charge in [0.25, 0.3) is 0 Å². The molecule has 1 fully saturated rings. The highest BCUT2D eigenvalue weighted by Crippen LogP contribution is 2.44. The zero-order valence-corrected chi connectivity index (χ0v) is 18.0. The highest BCUT2D eigenvalue weighted by Gasteiger charge is 2.54. The molecule has 1 aromatic carbocycles. The average Bonchev–Trinajstić information content (AvgIpc) is 2.75. The van der Waals surface area contributed by atoms with E-state index in [1.165, 1.54) is 0 Å². The van der Waals surface area contributed by atoms with Gasteiger partial charge in [-0.05, 0) is 65.3 Å². The van der Waals surface area contributed by atoms with Gasteiger partial charge >= 0.3 is 13.1 Å². The smallest absolute Gasteiger partial charge is 0.466 e. The number of benzene rings is 1. The largest absolute Gasteiger partial charge is 0.494 e. The van der Waals surface area contributed by atoms with Crippen LogP contribution in [0, 0.1) is 0 Å². The Balaban J connectivity index is 2.43. The Bertz CT molecular complexity index is 631. The topological polar surface area (TPSA) is 54.0 Å². The van der Waals surface area contributed by atoms with Gasteiger partial charge < -0.3 is 18.8 Å². The van der Waals surface area contributed by atoms with E-state index in [9.17, 15) is 4.79 Å². The van der Waals surface area contributed by atoms with Crippen LogP contribution in [-0.4, -0.2) is 37.5 Å². The zero-order valence-electron chi connectivity index (χ0n) is 16.4. The maximum absolute atomic E-state index is 12.3. The van der Waals surface area contributed by atoms with Crippen LogP contribution < -0.4 is 4.74 Å². The maximum atomic E-state index is 12.3. The molecule has 5 nitrogen and oxygen atoms in total. The first-order valence-corrected chi connectivity index (χ1v) is 9.84. The number of hydrogen-bond acceptors (Lipinski definition) is 5. The van der Waals surface area contributed by atoms with Crippen molar-refractivity contribution in [3.8, 4) is 5.75 Å². The van der Waals surface area contributed by atoms with Gasteiger partial charge in [0.15, 0.2) is 0 Å². The van der Waals surface area contributed by atoms with Gasteiger partial charge in [-0.15, -0.1) is 0 Å². The quantitative estimate of drug-likeness (QED) is 0.474. The van der Waals surface area contributed by atoms with Crippen LogP contribution in [-0.2, 0) is 18.8 Å². The number of hydrogen-bond donors (Lipinski definition) is 0. The van der Waals surface area contributed by atoms with Gasteiger partial charge in [-0.25, -0.2) is 0 Å². The van der Waals surface area contributed by atoms with Crippen LogP contribution in [0.25, 0.3) is 0 Å². The van der Waals surface area contributed by atoms with E-state index in [0.29, 0.717) is 13.2 Å². The summed E-state index contributed by atoms with van der Waals surface area (Å²) in [6.07, 6.45) is 0.154. The van der Waals surface area contributed by atoms with Crippen LogP contribution in [0.4, 0.5) is 0 Å². The molecule has 0 radical (unpaired) electrons. The van der Waals surface area contributed by atoms with E-state index in [-0.39, 0.29) is 18.2 Å². The lowest BCUT2D eigenvalue weighted by Gasteiger charge is -2.32. The summed E-state index contributed by atoms with van der Waals surface area (Å²) in [5.74, 6) is 0.100. The van der Waals surface area contributed by atoms with E-state index in [2.05, 4.69) is 15.9 Å². The van der Waals surface area contributed by atoms with Crippen molar-refractivity contribution in [1.82, 2.24) is 0 Å². The summed E-state index contributed by atoms with van der Waals surface area (Å²) in [5.41, 5.74) is -0.0992. The number of halogens is 1. The second kappa shape index (κ2) is 8.32. The normalized spacial score (nSPS) is 19.3. The zero-order chi connectivity index (χ0) is 19.5.